The van der Waals surface area contributed by atoms with Crippen LogP contribution in [0.25, 0.3) is 10.9 Å². The molecule has 1 amide bonds. The van der Waals surface area contributed by atoms with Crippen molar-refractivity contribution in [2.75, 3.05) is 11.1 Å². The summed E-state index contributed by atoms with van der Waals surface area (Å²) in [6.45, 7) is 1.84. The lowest BCUT2D eigenvalue weighted by Crippen LogP contribution is -2.14. The van der Waals surface area contributed by atoms with E-state index in [0.29, 0.717) is 21.6 Å². The number of aromatic nitrogens is 2. The molecule has 1 N–H and O–H groups in total. The highest BCUT2D eigenvalue weighted by molar-refractivity contribution is 8.00. The molecule has 3 rings (SSSR count). The van der Waals surface area contributed by atoms with E-state index in [0.717, 1.165) is 15.9 Å². The second kappa shape index (κ2) is 7.38. The second-order valence-electron chi connectivity index (χ2n) is 5.03. The number of nitrogens with zero attached hydrogens (tertiary/aromatic N) is 2. The number of amides is 1. The van der Waals surface area contributed by atoms with Gasteiger partial charge in [0.1, 0.15) is 10.9 Å². The van der Waals surface area contributed by atoms with Crippen LogP contribution in [0, 0.1) is 6.92 Å². The predicted molar refractivity (Wildman–Crippen MR) is 100 cm³/mol. The average molecular weight is 378 g/mol. The number of anilines is 1. The Bertz CT molecular complexity index is 917. The van der Waals surface area contributed by atoms with Gasteiger partial charge in [-0.1, -0.05) is 59.2 Å². The minimum absolute atomic E-state index is 0.176. The summed E-state index contributed by atoms with van der Waals surface area (Å²) in [6.07, 6.45) is 0. The first kappa shape index (κ1) is 17.0. The van der Waals surface area contributed by atoms with Crippen molar-refractivity contribution >= 4 is 57.5 Å². The SMILES string of the molecule is Cc1nc(SCC(=O)Nc2cccc(Cl)c2Cl)c2ccccc2n1. The fourth-order valence-electron chi connectivity index (χ4n) is 2.19. The van der Waals surface area contributed by atoms with Gasteiger partial charge in [-0.3, -0.25) is 4.79 Å². The van der Waals surface area contributed by atoms with E-state index in [2.05, 4.69) is 15.3 Å². The predicted octanol–water partition coefficient (Wildman–Crippen LogP) is 4.98. The minimum Gasteiger partial charge on any atom is -0.324 e. The molecule has 4 nitrogen and oxygen atoms in total. The number of thioether (sulfide) groups is 1. The maximum absolute atomic E-state index is 12.2. The van der Waals surface area contributed by atoms with Crippen molar-refractivity contribution in [3.8, 4) is 0 Å². The topological polar surface area (TPSA) is 54.9 Å². The minimum atomic E-state index is -0.176. The Hall–Kier alpha value is -1.82. The van der Waals surface area contributed by atoms with Crippen molar-refractivity contribution in [2.24, 2.45) is 0 Å². The first-order valence-corrected chi connectivity index (χ1v) is 8.89. The average Bonchev–Trinajstić information content (AvgIpc) is 2.56. The van der Waals surface area contributed by atoms with Crippen molar-refractivity contribution in [3.63, 3.8) is 0 Å². The maximum atomic E-state index is 12.2. The molecule has 7 heteroatoms. The Labute approximate surface area is 153 Å². The Balaban J connectivity index is 1.74. The third-order valence-electron chi connectivity index (χ3n) is 3.25. The van der Waals surface area contributed by atoms with Crippen molar-refractivity contribution in [1.29, 1.82) is 0 Å². The Morgan fingerprint density at radius 2 is 1.92 bits per heavy atom. The number of halogens is 2. The van der Waals surface area contributed by atoms with Crippen LogP contribution in [0.4, 0.5) is 5.69 Å². The molecule has 0 unspecified atom stereocenters. The van der Waals surface area contributed by atoms with E-state index in [1.165, 1.54) is 11.8 Å². The van der Waals surface area contributed by atoms with Gasteiger partial charge in [-0.2, -0.15) is 0 Å². The number of para-hydroxylation sites is 1. The fraction of sp³-hybridized carbons (Fsp3) is 0.118. The monoisotopic (exact) mass is 377 g/mol. The molecule has 0 aliphatic rings. The highest BCUT2D eigenvalue weighted by atomic mass is 35.5. The van der Waals surface area contributed by atoms with Gasteiger partial charge >= 0.3 is 0 Å². The van der Waals surface area contributed by atoms with E-state index in [4.69, 9.17) is 23.2 Å². The molecule has 0 saturated heterocycles. The standard InChI is InChI=1S/C17H13Cl2N3OS/c1-10-20-13-7-3-2-5-11(13)17(21-10)24-9-15(23)22-14-8-4-6-12(18)16(14)19/h2-8H,9H2,1H3,(H,22,23). The van der Waals surface area contributed by atoms with Gasteiger partial charge in [-0.25, -0.2) is 9.97 Å². The van der Waals surface area contributed by atoms with Gasteiger partial charge in [0.05, 0.1) is 27.0 Å². The summed E-state index contributed by atoms with van der Waals surface area (Å²) in [4.78, 5) is 21.0. The largest absolute Gasteiger partial charge is 0.324 e. The molecule has 0 aliphatic carbocycles. The summed E-state index contributed by atoms with van der Waals surface area (Å²) in [6, 6.07) is 12.8. The number of carbonyl (C=O) groups is 1. The van der Waals surface area contributed by atoms with Crippen LogP contribution in [0.2, 0.25) is 10.0 Å². The number of hydrogen-bond donors (Lipinski definition) is 1. The zero-order valence-corrected chi connectivity index (χ0v) is 15.0. The molecule has 24 heavy (non-hydrogen) atoms. The quantitative estimate of drug-likeness (QED) is 0.514. The molecule has 0 radical (unpaired) electrons. The maximum Gasteiger partial charge on any atom is 0.234 e. The van der Waals surface area contributed by atoms with Crippen LogP contribution in [0.3, 0.4) is 0 Å². The second-order valence-corrected chi connectivity index (χ2v) is 6.78. The van der Waals surface area contributed by atoms with E-state index in [1.54, 1.807) is 18.2 Å². The lowest BCUT2D eigenvalue weighted by atomic mass is 10.2. The molecule has 0 fully saturated rings. The van der Waals surface area contributed by atoms with Crippen molar-refractivity contribution in [2.45, 2.75) is 11.9 Å². The van der Waals surface area contributed by atoms with E-state index in [9.17, 15) is 4.79 Å². The summed E-state index contributed by atoms with van der Waals surface area (Å²) in [5, 5.41) is 5.22. The van der Waals surface area contributed by atoms with Gasteiger partial charge in [0, 0.05) is 5.39 Å². The van der Waals surface area contributed by atoms with Crippen molar-refractivity contribution in [3.05, 3.63) is 58.3 Å². The lowest BCUT2D eigenvalue weighted by Gasteiger charge is -2.09. The first-order chi connectivity index (χ1) is 11.5. The summed E-state index contributed by atoms with van der Waals surface area (Å²) in [5.41, 5.74) is 1.37. The number of hydrogen-bond acceptors (Lipinski definition) is 4. The van der Waals surface area contributed by atoms with Crippen LogP contribution in [-0.2, 0) is 4.79 Å². The van der Waals surface area contributed by atoms with E-state index >= 15 is 0 Å². The lowest BCUT2D eigenvalue weighted by molar-refractivity contribution is -0.113. The first-order valence-electron chi connectivity index (χ1n) is 7.14. The summed E-state index contributed by atoms with van der Waals surface area (Å²) in [7, 11) is 0. The van der Waals surface area contributed by atoms with Crippen LogP contribution < -0.4 is 5.32 Å². The van der Waals surface area contributed by atoms with Crippen LogP contribution in [0.5, 0.6) is 0 Å². The number of carbonyl (C=O) groups excluding carboxylic acids is 1. The number of rotatable bonds is 4. The fourth-order valence-corrected chi connectivity index (χ4v) is 3.40. The zero-order valence-electron chi connectivity index (χ0n) is 12.7. The normalized spacial score (nSPS) is 10.8. The molecule has 2 aromatic carbocycles. The van der Waals surface area contributed by atoms with Crippen molar-refractivity contribution in [1.82, 2.24) is 9.97 Å². The van der Waals surface area contributed by atoms with Crippen LogP contribution >= 0.6 is 35.0 Å². The molecular formula is C17H13Cl2N3OS. The molecule has 0 saturated carbocycles. The molecule has 0 bridgehead atoms. The van der Waals surface area contributed by atoms with Gasteiger partial charge < -0.3 is 5.32 Å². The summed E-state index contributed by atoms with van der Waals surface area (Å²) in [5.74, 6) is 0.711. The van der Waals surface area contributed by atoms with E-state index in [-0.39, 0.29) is 11.7 Å². The third-order valence-corrected chi connectivity index (χ3v) is 5.06. The highest BCUT2D eigenvalue weighted by Gasteiger charge is 2.11. The molecule has 3 aromatic rings. The van der Waals surface area contributed by atoms with Crippen LogP contribution in [0.15, 0.2) is 47.5 Å². The summed E-state index contributed by atoms with van der Waals surface area (Å²) < 4.78 is 0. The third kappa shape index (κ3) is 3.80. The molecule has 0 atom stereocenters. The molecule has 122 valence electrons. The van der Waals surface area contributed by atoms with Gasteiger partial charge in [0.15, 0.2) is 0 Å². The highest BCUT2D eigenvalue weighted by Crippen LogP contribution is 2.30. The molecule has 0 spiro atoms. The summed E-state index contributed by atoms with van der Waals surface area (Å²) >= 11 is 13.4. The van der Waals surface area contributed by atoms with E-state index < -0.39 is 0 Å². The van der Waals surface area contributed by atoms with E-state index in [1.807, 2.05) is 31.2 Å². The van der Waals surface area contributed by atoms with Gasteiger partial charge in [0.2, 0.25) is 5.91 Å². The smallest absolute Gasteiger partial charge is 0.234 e. The Morgan fingerprint density at radius 3 is 2.75 bits per heavy atom. The van der Waals surface area contributed by atoms with Gasteiger partial charge in [-0.05, 0) is 25.1 Å². The molecule has 1 aromatic heterocycles. The number of benzene rings is 2. The number of aryl methyl sites for hydroxylation is 1. The van der Waals surface area contributed by atoms with Gasteiger partial charge in [-0.15, -0.1) is 0 Å². The Kier molecular flexibility index (Phi) is 5.23. The Morgan fingerprint density at radius 1 is 1.12 bits per heavy atom. The zero-order chi connectivity index (χ0) is 17.1. The van der Waals surface area contributed by atoms with Crippen LogP contribution in [0.1, 0.15) is 5.82 Å². The number of nitrogens with one attached hydrogen (secondary N) is 1. The number of fused-ring (bicyclic) bond motifs is 1. The van der Waals surface area contributed by atoms with Crippen LogP contribution in [-0.4, -0.2) is 21.6 Å². The van der Waals surface area contributed by atoms with Gasteiger partial charge in [0.25, 0.3) is 0 Å². The molecular weight excluding hydrogens is 365 g/mol. The van der Waals surface area contributed by atoms with Crippen molar-refractivity contribution < 1.29 is 4.79 Å². The molecule has 0 aliphatic heterocycles. The molecule has 1 heterocycles.